The molecule has 0 aromatic rings. The highest BCUT2D eigenvalue weighted by Gasteiger charge is 2.27. The predicted octanol–water partition coefficient (Wildman–Crippen LogP) is 1.01. The molecule has 1 N–H and O–H groups in total. The number of imide groups is 1. The molecular formula is C9H13NO2. The maximum absolute atomic E-state index is 11.2. The Labute approximate surface area is 71.8 Å². The van der Waals surface area contributed by atoms with Crippen molar-refractivity contribution in [2.75, 3.05) is 0 Å². The van der Waals surface area contributed by atoms with Crippen LogP contribution in [0.4, 0.5) is 0 Å². The standard InChI is InChI=1S/C9H13NO2/c1-4-7-5(2)8(11)10-9(12)6(7)3/h5H,4H2,1-3H3,(H,10,11,12). The van der Waals surface area contributed by atoms with Crippen molar-refractivity contribution >= 4 is 11.8 Å². The van der Waals surface area contributed by atoms with E-state index in [1.807, 2.05) is 13.8 Å². The third kappa shape index (κ3) is 1.26. The zero-order valence-corrected chi connectivity index (χ0v) is 7.60. The number of amides is 2. The molecule has 0 radical (unpaired) electrons. The number of nitrogens with one attached hydrogen (secondary N) is 1. The van der Waals surface area contributed by atoms with Crippen LogP contribution in [0.25, 0.3) is 0 Å². The SMILES string of the molecule is CCC1=C(C)C(=O)NC(=O)C1C. The average molecular weight is 167 g/mol. The molecule has 0 aromatic carbocycles. The van der Waals surface area contributed by atoms with Crippen molar-refractivity contribution in [2.45, 2.75) is 27.2 Å². The van der Waals surface area contributed by atoms with Gasteiger partial charge in [-0.3, -0.25) is 14.9 Å². The average Bonchev–Trinajstić information content (AvgIpc) is 2.02. The summed E-state index contributed by atoms with van der Waals surface area (Å²) in [6, 6.07) is 0. The molecule has 2 amide bonds. The molecule has 1 aliphatic rings. The zero-order valence-electron chi connectivity index (χ0n) is 7.60. The molecule has 1 aliphatic heterocycles. The van der Waals surface area contributed by atoms with Crippen molar-refractivity contribution in [1.82, 2.24) is 5.32 Å². The minimum atomic E-state index is -0.241. The van der Waals surface area contributed by atoms with Crippen molar-refractivity contribution in [1.29, 1.82) is 0 Å². The van der Waals surface area contributed by atoms with E-state index in [0.29, 0.717) is 5.57 Å². The van der Waals surface area contributed by atoms with Gasteiger partial charge in [-0.05, 0) is 25.8 Å². The predicted molar refractivity (Wildman–Crippen MR) is 45.3 cm³/mol. The number of hydrogen-bond acceptors (Lipinski definition) is 2. The minimum absolute atomic E-state index is 0.146. The lowest BCUT2D eigenvalue weighted by atomic mass is 9.90. The topological polar surface area (TPSA) is 46.2 Å². The van der Waals surface area contributed by atoms with Gasteiger partial charge >= 0.3 is 0 Å². The highest BCUT2D eigenvalue weighted by molar-refractivity contribution is 6.08. The first kappa shape index (κ1) is 8.97. The van der Waals surface area contributed by atoms with E-state index in [-0.39, 0.29) is 17.7 Å². The van der Waals surface area contributed by atoms with E-state index < -0.39 is 0 Å². The molecule has 0 aromatic heterocycles. The third-order valence-corrected chi connectivity index (χ3v) is 2.36. The van der Waals surface area contributed by atoms with Crippen molar-refractivity contribution in [3.63, 3.8) is 0 Å². The second-order valence-electron chi connectivity index (χ2n) is 3.04. The normalized spacial score (nSPS) is 24.4. The lowest BCUT2D eigenvalue weighted by Gasteiger charge is -2.22. The van der Waals surface area contributed by atoms with Gasteiger partial charge in [-0.25, -0.2) is 0 Å². The molecule has 1 heterocycles. The van der Waals surface area contributed by atoms with E-state index in [1.54, 1.807) is 6.92 Å². The van der Waals surface area contributed by atoms with E-state index in [0.717, 1.165) is 12.0 Å². The van der Waals surface area contributed by atoms with Crippen molar-refractivity contribution in [3.8, 4) is 0 Å². The van der Waals surface area contributed by atoms with Crippen LogP contribution in [0, 0.1) is 5.92 Å². The Kier molecular flexibility index (Phi) is 2.31. The maximum atomic E-state index is 11.2. The molecule has 0 bridgehead atoms. The van der Waals surface area contributed by atoms with Crippen LogP contribution in [0.2, 0.25) is 0 Å². The Hall–Kier alpha value is -1.12. The van der Waals surface area contributed by atoms with Crippen molar-refractivity contribution in [3.05, 3.63) is 11.1 Å². The van der Waals surface area contributed by atoms with Gasteiger partial charge in [0.1, 0.15) is 0 Å². The summed E-state index contributed by atoms with van der Waals surface area (Å²) in [6.45, 7) is 5.54. The van der Waals surface area contributed by atoms with E-state index in [1.165, 1.54) is 0 Å². The monoisotopic (exact) mass is 167 g/mol. The Bertz CT molecular complexity index is 266. The largest absolute Gasteiger partial charge is 0.292 e. The summed E-state index contributed by atoms with van der Waals surface area (Å²) in [5, 5.41) is 2.31. The molecule has 1 rings (SSSR count). The van der Waals surface area contributed by atoms with E-state index >= 15 is 0 Å². The zero-order chi connectivity index (χ0) is 9.30. The molecule has 3 heteroatoms. The van der Waals surface area contributed by atoms with Gasteiger partial charge in [-0.1, -0.05) is 6.92 Å². The Morgan fingerprint density at radius 2 is 2.00 bits per heavy atom. The van der Waals surface area contributed by atoms with Gasteiger partial charge in [0.05, 0.1) is 5.92 Å². The molecule has 0 aliphatic carbocycles. The van der Waals surface area contributed by atoms with Crippen LogP contribution in [0.5, 0.6) is 0 Å². The van der Waals surface area contributed by atoms with Crippen LogP contribution < -0.4 is 5.32 Å². The van der Waals surface area contributed by atoms with Gasteiger partial charge in [0.15, 0.2) is 0 Å². The van der Waals surface area contributed by atoms with Crippen LogP contribution in [-0.4, -0.2) is 11.8 Å². The Balaban J connectivity index is 3.08. The second-order valence-corrected chi connectivity index (χ2v) is 3.04. The lowest BCUT2D eigenvalue weighted by molar-refractivity contribution is -0.131. The van der Waals surface area contributed by atoms with Crippen molar-refractivity contribution in [2.24, 2.45) is 5.92 Å². The fraction of sp³-hybridized carbons (Fsp3) is 0.556. The van der Waals surface area contributed by atoms with Crippen LogP contribution >= 0.6 is 0 Å². The molecule has 66 valence electrons. The van der Waals surface area contributed by atoms with Crippen molar-refractivity contribution < 1.29 is 9.59 Å². The van der Waals surface area contributed by atoms with Crippen LogP contribution in [0.1, 0.15) is 27.2 Å². The summed E-state index contributed by atoms with van der Waals surface area (Å²) in [7, 11) is 0. The summed E-state index contributed by atoms with van der Waals surface area (Å²) in [6.07, 6.45) is 0.770. The molecular weight excluding hydrogens is 154 g/mol. The molecule has 1 unspecified atom stereocenters. The molecule has 0 saturated carbocycles. The quantitative estimate of drug-likeness (QED) is 0.592. The van der Waals surface area contributed by atoms with E-state index in [4.69, 9.17) is 0 Å². The smallest absolute Gasteiger partial charge is 0.253 e. The molecule has 0 saturated heterocycles. The van der Waals surface area contributed by atoms with Crippen LogP contribution in [0.15, 0.2) is 11.1 Å². The lowest BCUT2D eigenvalue weighted by Crippen LogP contribution is -2.41. The number of carbonyl (C=O) groups excluding carboxylic acids is 2. The summed E-state index contributed by atoms with van der Waals surface area (Å²) < 4.78 is 0. The second kappa shape index (κ2) is 3.09. The first-order valence-electron chi connectivity index (χ1n) is 4.12. The van der Waals surface area contributed by atoms with E-state index in [2.05, 4.69) is 5.32 Å². The summed E-state index contributed by atoms with van der Waals surface area (Å²) >= 11 is 0. The maximum Gasteiger partial charge on any atom is 0.253 e. The molecule has 12 heavy (non-hydrogen) atoms. The molecule has 0 spiro atoms. The number of hydrogen-bond donors (Lipinski definition) is 1. The van der Waals surface area contributed by atoms with E-state index in [9.17, 15) is 9.59 Å². The summed E-state index contributed by atoms with van der Waals surface area (Å²) in [4.78, 5) is 22.3. The highest BCUT2D eigenvalue weighted by atomic mass is 16.2. The van der Waals surface area contributed by atoms with Gasteiger partial charge in [0, 0.05) is 5.57 Å². The van der Waals surface area contributed by atoms with Gasteiger partial charge in [-0.2, -0.15) is 0 Å². The highest BCUT2D eigenvalue weighted by Crippen LogP contribution is 2.22. The fourth-order valence-electron chi connectivity index (χ4n) is 1.51. The Morgan fingerprint density at radius 1 is 1.42 bits per heavy atom. The minimum Gasteiger partial charge on any atom is -0.292 e. The number of rotatable bonds is 1. The summed E-state index contributed by atoms with van der Waals surface area (Å²) in [5.74, 6) is -0.565. The van der Waals surface area contributed by atoms with Crippen LogP contribution in [0.3, 0.4) is 0 Å². The molecule has 1 atom stereocenters. The molecule has 3 nitrogen and oxygen atoms in total. The first-order chi connectivity index (χ1) is 5.57. The van der Waals surface area contributed by atoms with Gasteiger partial charge < -0.3 is 0 Å². The van der Waals surface area contributed by atoms with Gasteiger partial charge in [-0.15, -0.1) is 0 Å². The Morgan fingerprint density at radius 3 is 2.50 bits per heavy atom. The van der Waals surface area contributed by atoms with Gasteiger partial charge in [0.2, 0.25) is 5.91 Å². The third-order valence-electron chi connectivity index (χ3n) is 2.36. The number of carbonyl (C=O) groups is 2. The van der Waals surface area contributed by atoms with Crippen LogP contribution in [-0.2, 0) is 9.59 Å². The summed E-state index contributed by atoms with van der Waals surface area (Å²) in [5.41, 5.74) is 1.66. The molecule has 0 fully saturated rings. The first-order valence-corrected chi connectivity index (χ1v) is 4.12. The fourth-order valence-corrected chi connectivity index (χ4v) is 1.51. The van der Waals surface area contributed by atoms with Gasteiger partial charge in [0.25, 0.3) is 5.91 Å².